The van der Waals surface area contributed by atoms with Gasteiger partial charge in [0.2, 0.25) is 0 Å². The maximum atomic E-state index is 11.6. The molecule has 0 aromatic rings. The predicted molar refractivity (Wildman–Crippen MR) is 42.1 cm³/mol. The van der Waals surface area contributed by atoms with Crippen LogP contribution in [-0.2, 0) is 18.1 Å². The van der Waals surface area contributed by atoms with Crippen molar-refractivity contribution in [3.05, 3.63) is 25.7 Å². The Bertz CT molecular complexity index is 205. The Labute approximate surface area is 74.4 Å². The summed E-state index contributed by atoms with van der Waals surface area (Å²) in [4.78, 5) is 0. The van der Waals surface area contributed by atoms with Crippen LogP contribution in [0.1, 0.15) is 0 Å². The Hall–Kier alpha value is -0.870. The number of hydrogen-bond donors (Lipinski definition) is 0. The Morgan fingerprint density at radius 3 is 2.08 bits per heavy atom. The van der Waals surface area contributed by atoms with E-state index in [0.717, 1.165) is 12.5 Å². The lowest BCUT2D eigenvalue weighted by Crippen LogP contribution is -2.04. The third-order valence-corrected chi connectivity index (χ3v) is 2.05. The molecule has 76 valence electrons. The van der Waals surface area contributed by atoms with E-state index in [1.165, 1.54) is 0 Å². The SMILES string of the molecule is C=COP(=O)(OC=C)OCC(F)F. The molecule has 0 N–H and O–H groups in total. The van der Waals surface area contributed by atoms with Gasteiger partial charge in [0.25, 0.3) is 6.43 Å². The fraction of sp³-hybridized carbons (Fsp3) is 0.333. The van der Waals surface area contributed by atoms with E-state index in [1.54, 1.807) is 0 Å². The molecule has 0 fully saturated rings. The monoisotopic (exact) mass is 214 g/mol. The van der Waals surface area contributed by atoms with Crippen LogP contribution in [0.3, 0.4) is 0 Å². The first-order valence-electron chi connectivity index (χ1n) is 3.15. The van der Waals surface area contributed by atoms with Crippen molar-refractivity contribution >= 4 is 7.82 Å². The number of rotatable bonds is 7. The first-order chi connectivity index (χ1) is 6.04. The van der Waals surface area contributed by atoms with Gasteiger partial charge in [-0.25, -0.2) is 13.3 Å². The number of halogens is 2. The van der Waals surface area contributed by atoms with E-state index in [1.807, 2.05) is 0 Å². The smallest absolute Gasteiger partial charge is 0.404 e. The molecule has 0 aromatic carbocycles. The lowest BCUT2D eigenvalue weighted by atomic mass is 10.8. The number of phosphoric acid groups is 1. The van der Waals surface area contributed by atoms with Crippen molar-refractivity contribution in [2.45, 2.75) is 6.43 Å². The average Bonchev–Trinajstić information content (AvgIpc) is 2.02. The van der Waals surface area contributed by atoms with Gasteiger partial charge in [0, 0.05) is 0 Å². The van der Waals surface area contributed by atoms with Gasteiger partial charge in [-0.1, -0.05) is 13.2 Å². The number of hydrogen-bond acceptors (Lipinski definition) is 4. The molecule has 0 amide bonds. The molecule has 0 radical (unpaired) electrons. The minimum absolute atomic E-state index is 0.774. The second-order valence-electron chi connectivity index (χ2n) is 1.68. The van der Waals surface area contributed by atoms with Gasteiger partial charge in [0.1, 0.15) is 6.61 Å². The quantitative estimate of drug-likeness (QED) is 0.482. The van der Waals surface area contributed by atoms with Crippen LogP contribution in [0.4, 0.5) is 8.78 Å². The number of phosphoric ester groups is 1. The van der Waals surface area contributed by atoms with Crippen LogP contribution in [-0.4, -0.2) is 13.0 Å². The highest BCUT2D eigenvalue weighted by Gasteiger charge is 2.28. The minimum atomic E-state index is -3.99. The lowest BCUT2D eigenvalue weighted by molar-refractivity contribution is 0.0602. The van der Waals surface area contributed by atoms with Crippen molar-refractivity contribution in [1.82, 2.24) is 0 Å². The van der Waals surface area contributed by atoms with E-state index in [9.17, 15) is 13.3 Å². The van der Waals surface area contributed by atoms with Gasteiger partial charge < -0.3 is 9.05 Å². The van der Waals surface area contributed by atoms with E-state index in [0.29, 0.717) is 0 Å². The lowest BCUT2D eigenvalue weighted by Gasteiger charge is -2.13. The van der Waals surface area contributed by atoms with Gasteiger partial charge in [-0.15, -0.1) is 0 Å². The largest absolute Gasteiger partial charge is 0.586 e. The van der Waals surface area contributed by atoms with Crippen molar-refractivity contribution in [2.24, 2.45) is 0 Å². The van der Waals surface area contributed by atoms with Crippen molar-refractivity contribution in [1.29, 1.82) is 0 Å². The second-order valence-corrected chi connectivity index (χ2v) is 3.25. The molecule has 0 aliphatic carbocycles. The Morgan fingerprint density at radius 2 is 1.77 bits per heavy atom. The standard InChI is InChI=1S/C6H9F2O4P/c1-3-10-13(9,11-4-2)12-5-6(7)8/h3-4,6H,1-2,5H2. The van der Waals surface area contributed by atoms with Crippen molar-refractivity contribution < 1.29 is 26.9 Å². The van der Waals surface area contributed by atoms with E-state index < -0.39 is 20.9 Å². The first kappa shape index (κ1) is 12.1. The van der Waals surface area contributed by atoms with Crippen LogP contribution in [0.5, 0.6) is 0 Å². The van der Waals surface area contributed by atoms with Crippen molar-refractivity contribution in [2.75, 3.05) is 6.61 Å². The average molecular weight is 214 g/mol. The van der Waals surface area contributed by atoms with Gasteiger partial charge in [0.15, 0.2) is 0 Å². The molecule has 0 heterocycles. The summed E-state index contributed by atoms with van der Waals surface area (Å²) in [6.45, 7) is 5.11. The van der Waals surface area contributed by atoms with Crippen LogP contribution in [0, 0.1) is 0 Å². The van der Waals surface area contributed by atoms with E-state index in [-0.39, 0.29) is 0 Å². The molecule has 4 nitrogen and oxygen atoms in total. The maximum Gasteiger partial charge on any atom is 0.586 e. The zero-order valence-corrected chi connectivity index (χ0v) is 7.58. The first-order valence-corrected chi connectivity index (χ1v) is 4.61. The Balaban J connectivity index is 4.14. The van der Waals surface area contributed by atoms with Gasteiger partial charge in [-0.3, -0.25) is 4.52 Å². The molecule has 0 saturated heterocycles. The minimum Gasteiger partial charge on any atom is -0.404 e. The van der Waals surface area contributed by atoms with Gasteiger partial charge in [-0.2, -0.15) is 0 Å². The summed E-state index contributed by atoms with van der Waals surface area (Å²) in [6, 6.07) is 0. The van der Waals surface area contributed by atoms with E-state index in [2.05, 4.69) is 26.7 Å². The van der Waals surface area contributed by atoms with Crippen LogP contribution in [0.15, 0.2) is 25.7 Å². The van der Waals surface area contributed by atoms with Gasteiger partial charge in [-0.05, 0) is 0 Å². The van der Waals surface area contributed by atoms with Crippen LogP contribution in [0.2, 0.25) is 0 Å². The normalized spacial score (nSPS) is 11.0. The number of alkyl halides is 2. The Kier molecular flexibility index (Phi) is 5.34. The summed E-state index contributed by atoms with van der Waals surface area (Å²) in [5.41, 5.74) is 0. The van der Waals surface area contributed by atoms with Crippen LogP contribution < -0.4 is 0 Å². The van der Waals surface area contributed by atoms with E-state index >= 15 is 0 Å². The zero-order chi connectivity index (χ0) is 10.3. The van der Waals surface area contributed by atoms with Gasteiger partial charge in [0.05, 0.1) is 12.5 Å². The molecule has 0 aliphatic rings. The highest BCUT2D eigenvalue weighted by atomic mass is 31.2. The zero-order valence-electron chi connectivity index (χ0n) is 6.69. The van der Waals surface area contributed by atoms with Crippen molar-refractivity contribution in [3.8, 4) is 0 Å². The highest BCUT2D eigenvalue weighted by molar-refractivity contribution is 7.48. The molecular weight excluding hydrogens is 205 g/mol. The highest BCUT2D eigenvalue weighted by Crippen LogP contribution is 2.49. The van der Waals surface area contributed by atoms with Gasteiger partial charge >= 0.3 is 7.82 Å². The fourth-order valence-electron chi connectivity index (χ4n) is 0.416. The summed E-state index contributed by atoms with van der Waals surface area (Å²) in [5, 5.41) is 0. The fourth-order valence-corrected chi connectivity index (χ4v) is 1.25. The molecule has 0 rings (SSSR count). The van der Waals surface area contributed by atoms with Crippen LogP contribution >= 0.6 is 7.82 Å². The van der Waals surface area contributed by atoms with Crippen LogP contribution in [0.25, 0.3) is 0 Å². The van der Waals surface area contributed by atoms with E-state index in [4.69, 9.17) is 0 Å². The molecule has 0 bridgehead atoms. The second kappa shape index (κ2) is 5.72. The predicted octanol–water partition coefficient (Wildman–Crippen LogP) is 2.70. The molecule has 13 heavy (non-hydrogen) atoms. The third kappa shape index (κ3) is 5.38. The summed E-state index contributed by atoms with van der Waals surface area (Å²) in [7, 11) is -3.99. The molecule has 0 saturated carbocycles. The van der Waals surface area contributed by atoms with Crippen molar-refractivity contribution in [3.63, 3.8) is 0 Å². The summed E-state index contributed by atoms with van der Waals surface area (Å²) in [6.07, 6.45) is -1.21. The maximum absolute atomic E-state index is 11.6. The molecule has 0 unspecified atom stereocenters. The molecule has 0 atom stereocenters. The summed E-state index contributed by atoms with van der Waals surface area (Å²) in [5.74, 6) is 0. The Morgan fingerprint density at radius 1 is 1.31 bits per heavy atom. The topological polar surface area (TPSA) is 44.8 Å². The summed E-state index contributed by atoms with van der Waals surface area (Å²) < 4.78 is 47.2. The molecule has 0 aliphatic heterocycles. The molecule has 7 heteroatoms. The molecule has 0 aromatic heterocycles. The third-order valence-electron chi connectivity index (χ3n) is 0.766. The molecule has 0 spiro atoms. The summed E-state index contributed by atoms with van der Waals surface area (Å²) >= 11 is 0. The molecular formula is C6H9F2O4P.